The molecule has 0 radical (unpaired) electrons. The van der Waals surface area contributed by atoms with Gasteiger partial charge in [-0.1, -0.05) is 6.07 Å². The molecule has 1 aromatic carbocycles. The molecule has 3 nitrogen and oxygen atoms in total. The van der Waals surface area contributed by atoms with Gasteiger partial charge in [-0.25, -0.2) is 0 Å². The highest BCUT2D eigenvalue weighted by Crippen LogP contribution is 2.37. The van der Waals surface area contributed by atoms with E-state index in [1.165, 1.54) is 40.7 Å². The van der Waals surface area contributed by atoms with Crippen LogP contribution in [0.25, 0.3) is 11.0 Å². The van der Waals surface area contributed by atoms with Crippen molar-refractivity contribution in [2.75, 3.05) is 13.1 Å². The van der Waals surface area contributed by atoms with Crippen LogP contribution in [-0.2, 0) is 17.6 Å². The summed E-state index contributed by atoms with van der Waals surface area (Å²) >= 11 is 0. The Balaban J connectivity index is 1.72. The van der Waals surface area contributed by atoms with Gasteiger partial charge in [0.2, 0.25) is 6.41 Å². The van der Waals surface area contributed by atoms with Crippen LogP contribution in [0.1, 0.15) is 54.1 Å². The highest BCUT2D eigenvalue weighted by atomic mass is 16.3. The molecule has 0 N–H and O–H groups in total. The second kappa shape index (κ2) is 5.45. The van der Waals surface area contributed by atoms with E-state index in [9.17, 15) is 4.79 Å². The highest BCUT2D eigenvalue weighted by Gasteiger charge is 2.23. The Labute approximate surface area is 131 Å². The predicted molar refractivity (Wildman–Crippen MR) is 87.2 cm³/mol. The Morgan fingerprint density at radius 2 is 1.95 bits per heavy atom. The van der Waals surface area contributed by atoms with Gasteiger partial charge in [-0.15, -0.1) is 0 Å². The Bertz CT molecular complexity index is 708. The number of benzene rings is 1. The number of rotatable bonds is 2. The number of aryl methyl sites for hydroxylation is 3. The van der Waals surface area contributed by atoms with Crippen LogP contribution in [0.15, 0.2) is 16.5 Å². The Morgan fingerprint density at radius 3 is 2.73 bits per heavy atom. The summed E-state index contributed by atoms with van der Waals surface area (Å²) in [4.78, 5) is 12.8. The molecule has 22 heavy (non-hydrogen) atoms. The second-order valence-corrected chi connectivity index (χ2v) is 6.84. The summed E-state index contributed by atoms with van der Waals surface area (Å²) in [5.41, 5.74) is 5.25. The Kier molecular flexibility index (Phi) is 3.44. The first-order chi connectivity index (χ1) is 10.8. The van der Waals surface area contributed by atoms with E-state index in [0.717, 1.165) is 50.8 Å². The van der Waals surface area contributed by atoms with Crippen LogP contribution in [0.4, 0.5) is 0 Å². The van der Waals surface area contributed by atoms with Crippen molar-refractivity contribution in [1.82, 2.24) is 4.90 Å². The van der Waals surface area contributed by atoms with E-state index in [1.807, 2.05) is 4.90 Å². The molecule has 0 saturated carbocycles. The maximum Gasteiger partial charge on any atom is 0.209 e. The largest absolute Gasteiger partial charge is 0.461 e. The summed E-state index contributed by atoms with van der Waals surface area (Å²) in [5, 5.41) is 1.35. The van der Waals surface area contributed by atoms with Gasteiger partial charge >= 0.3 is 0 Å². The summed E-state index contributed by atoms with van der Waals surface area (Å²) in [6, 6.07) is 4.68. The molecule has 0 spiro atoms. The van der Waals surface area contributed by atoms with Gasteiger partial charge in [-0.05, 0) is 62.1 Å². The van der Waals surface area contributed by atoms with Crippen LogP contribution in [0.3, 0.4) is 0 Å². The fourth-order valence-corrected chi connectivity index (χ4v) is 4.13. The summed E-state index contributed by atoms with van der Waals surface area (Å²) < 4.78 is 6.14. The van der Waals surface area contributed by atoms with Crippen LogP contribution < -0.4 is 0 Å². The smallest absolute Gasteiger partial charge is 0.209 e. The van der Waals surface area contributed by atoms with Crippen molar-refractivity contribution in [3.63, 3.8) is 0 Å². The molecule has 1 amide bonds. The lowest BCUT2D eigenvalue weighted by atomic mass is 9.87. The summed E-state index contributed by atoms with van der Waals surface area (Å²) in [6.07, 6.45) is 7.92. The summed E-state index contributed by atoms with van der Waals surface area (Å²) in [6.45, 7) is 3.94. The molecule has 1 saturated heterocycles. The van der Waals surface area contributed by atoms with Crippen LogP contribution in [-0.4, -0.2) is 24.4 Å². The van der Waals surface area contributed by atoms with Gasteiger partial charge in [-0.2, -0.15) is 0 Å². The van der Waals surface area contributed by atoms with Crippen molar-refractivity contribution >= 4 is 17.4 Å². The van der Waals surface area contributed by atoms with Gasteiger partial charge in [0.1, 0.15) is 11.3 Å². The topological polar surface area (TPSA) is 33.5 Å². The Morgan fingerprint density at radius 1 is 1.18 bits per heavy atom. The number of fused-ring (bicyclic) bond motifs is 3. The molecule has 0 unspecified atom stereocenters. The number of carbonyl (C=O) groups excluding carboxylic acids is 1. The molecule has 1 aliphatic carbocycles. The van der Waals surface area contributed by atoms with E-state index in [1.54, 1.807) is 0 Å². The van der Waals surface area contributed by atoms with Crippen molar-refractivity contribution in [1.29, 1.82) is 0 Å². The molecular formula is C19H23NO2. The molecule has 0 atom stereocenters. The van der Waals surface area contributed by atoms with Crippen molar-refractivity contribution in [2.24, 2.45) is 0 Å². The average Bonchev–Trinajstić information content (AvgIpc) is 2.94. The van der Waals surface area contributed by atoms with Crippen molar-refractivity contribution in [3.05, 3.63) is 34.6 Å². The van der Waals surface area contributed by atoms with Gasteiger partial charge in [0.15, 0.2) is 0 Å². The minimum atomic E-state index is 0.577. The number of nitrogens with zero attached hydrogens (tertiary/aromatic N) is 1. The van der Waals surface area contributed by atoms with E-state index in [4.69, 9.17) is 4.42 Å². The van der Waals surface area contributed by atoms with E-state index >= 15 is 0 Å². The van der Waals surface area contributed by atoms with Gasteiger partial charge < -0.3 is 9.32 Å². The monoisotopic (exact) mass is 297 g/mol. The number of likely N-dealkylation sites (tertiary alicyclic amines) is 1. The standard InChI is InChI=1S/C19H23NO2/c1-13-10-15(14-6-8-20(12-21)9-7-14)11-17-16-4-2-3-5-18(16)22-19(13)17/h10-12,14H,2-9H2,1H3. The summed E-state index contributed by atoms with van der Waals surface area (Å²) in [5.74, 6) is 1.80. The van der Waals surface area contributed by atoms with Gasteiger partial charge in [0.25, 0.3) is 0 Å². The molecule has 1 fully saturated rings. The van der Waals surface area contributed by atoms with Crippen molar-refractivity contribution < 1.29 is 9.21 Å². The SMILES string of the molecule is Cc1cc(C2CCN(C=O)CC2)cc2c3c(oc12)CCCC3. The number of furan rings is 1. The minimum absolute atomic E-state index is 0.577. The molecule has 0 bridgehead atoms. The van der Waals surface area contributed by atoms with Gasteiger partial charge in [-0.3, -0.25) is 4.79 Å². The van der Waals surface area contributed by atoms with Gasteiger partial charge in [0, 0.05) is 30.5 Å². The molecule has 4 rings (SSSR count). The molecule has 2 heterocycles. The predicted octanol–water partition coefficient (Wildman–Crippen LogP) is 3.96. The van der Waals surface area contributed by atoms with Crippen molar-refractivity contribution in [3.8, 4) is 0 Å². The van der Waals surface area contributed by atoms with Crippen molar-refractivity contribution in [2.45, 2.75) is 51.4 Å². The van der Waals surface area contributed by atoms with Crippen LogP contribution in [0.5, 0.6) is 0 Å². The fourth-order valence-electron chi connectivity index (χ4n) is 4.13. The molecule has 2 aliphatic rings. The summed E-state index contributed by atoms with van der Waals surface area (Å²) in [7, 11) is 0. The van der Waals surface area contributed by atoms with E-state index in [0.29, 0.717) is 5.92 Å². The zero-order chi connectivity index (χ0) is 15.1. The molecule has 1 aliphatic heterocycles. The molecule has 1 aromatic heterocycles. The highest BCUT2D eigenvalue weighted by molar-refractivity contribution is 5.86. The average molecular weight is 297 g/mol. The first-order valence-corrected chi connectivity index (χ1v) is 8.50. The van der Waals surface area contributed by atoms with E-state index in [-0.39, 0.29) is 0 Å². The first kappa shape index (κ1) is 13.9. The molecule has 2 aromatic rings. The lowest BCUT2D eigenvalue weighted by Crippen LogP contribution is -2.31. The number of hydrogen-bond donors (Lipinski definition) is 0. The van der Waals surface area contributed by atoms with E-state index in [2.05, 4.69) is 19.1 Å². The zero-order valence-electron chi connectivity index (χ0n) is 13.2. The maximum atomic E-state index is 10.9. The second-order valence-electron chi connectivity index (χ2n) is 6.84. The zero-order valence-corrected chi connectivity index (χ0v) is 13.2. The third-order valence-corrected chi connectivity index (χ3v) is 5.41. The number of hydrogen-bond acceptors (Lipinski definition) is 2. The number of piperidine rings is 1. The van der Waals surface area contributed by atoms with Crippen LogP contribution >= 0.6 is 0 Å². The Hall–Kier alpha value is -1.77. The number of carbonyl (C=O) groups is 1. The fraction of sp³-hybridized carbons (Fsp3) is 0.526. The van der Waals surface area contributed by atoms with Crippen LogP contribution in [0, 0.1) is 6.92 Å². The van der Waals surface area contributed by atoms with E-state index < -0.39 is 0 Å². The lowest BCUT2D eigenvalue weighted by molar-refractivity contribution is -0.119. The number of amides is 1. The molecule has 116 valence electrons. The normalized spacial score (nSPS) is 19.4. The van der Waals surface area contributed by atoms with Crippen LogP contribution in [0.2, 0.25) is 0 Å². The first-order valence-electron chi connectivity index (χ1n) is 8.50. The molecule has 3 heteroatoms. The third-order valence-electron chi connectivity index (χ3n) is 5.41. The lowest BCUT2D eigenvalue weighted by Gasteiger charge is -2.29. The third kappa shape index (κ3) is 2.23. The minimum Gasteiger partial charge on any atom is -0.461 e. The maximum absolute atomic E-state index is 10.9. The quantitative estimate of drug-likeness (QED) is 0.786. The van der Waals surface area contributed by atoms with Gasteiger partial charge in [0.05, 0.1) is 0 Å². The molecular weight excluding hydrogens is 274 g/mol.